The van der Waals surface area contributed by atoms with Crippen molar-refractivity contribution in [2.45, 2.75) is 31.3 Å². The molecule has 2 aromatic rings. The maximum absolute atomic E-state index is 12.6. The highest BCUT2D eigenvalue weighted by atomic mass is 79.9. The van der Waals surface area contributed by atoms with Crippen molar-refractivity contribution in [3.63, 3.8) is 0 Å². The Bertz CT molecular complexity index is 770. The zero-order chi connectivity index (χ0) is 15.3. The molecule has 5 nitrogen and oxygen atoms in total. The van der Waals surface area contributed by atoms with Gasteiger partial charge in [0.2, 0.25) is 11.8 Å². The lowest BCUT2D eigenvalue weighted by Gasteiger charge is -2.34. The van der Waals surface area contributed by atoms with Crippen LogP contribution in [0.5, 0.6) is 0 Å². The highest BCUT2D eigenvalue weighted by Gasteiger charge is 2.42. The Morgan fingerprint density at radius 3 is 3.05 bits per heavy atom. The van der Waals surface area contributed by atoms with Gasteiger partial charge in [-0.15, -0.1) is 0 Å². The van der Waals surface area contributed by atoms with Crippen LogP contribution in [-0.4, -0.2) is 40.3 Å². The van der Waals surface area contributed by atoms with Gasteiger partial charge in [-0.05, 0) is 30.5 Å². The Balaban J connectivity index is 1.62. The van der Waals surface area contributed by atoms with Gasteiger partial charge in [-0.3, -0.25) is 9.59 Å². The number of benzene rings is 1. The SMILES string of the molecule is O=C1N[C@@H](Cc2c[nH]c3cc(Br)ccc23)C(=O)N2CCC[C@@H]12. The first kappa shape index (κ1) is 13.8. The maximum atomic E-state index is 12.6. The largest absolute Gasteiger partial charge is 0.361 e. The number of nitrogens with zero attached hydrogens (tertiary/aromatic N) is 1. The van der Waals surface area contributed by atoms with Crippen molar-refractivity contribution in [3.8, 4) is 0 Å². The van der Waals surface area contributed by atoms with Gasteiger partial charge < -0.3 is 15.2 Å². The quantitative estimate of drug-likeness (QED) is 0.858. The molecule has 2 atom stereocenters. The van der Waals surface area contributed by atoms with Crippen LogP contribution in [-0.2, 0) is 16.0 Å². The molecule has 1 aromatic carbocycles. The number of nitrogens with one attached hydrogen (secondary N) is 2. The van der Waals surface area contributed by atoms with E-state index in [2.05, 4.69) is 26.2 Å². The molecule has 0 unspecified atom stereocenters. The van der Waals surface area contributed by atoms with E-state index in [4.69, 9.17) is 0 Å². The van der Waals surface area contributed by atoms with Crippen LogP contribution >= 0.6 is 15.9 Å². The first-order valence-electron chi connectivity index (χ1n) is 7.50. The van der Waals surface area contributed by atoms with E-state index in [9.17, 15) is 9.59 Å². The highest BCUT2D eigenvalue weighted by molar-refractivity contribution is 9.10. The molecule has 114 valence electrons. The monoisotopic (exact) mass is 361 g/mol. The number of hydrogen-bond donors (Lipinski definition) is 2. The predicted octanol–water partition coefficient (Wildman–Crippen LogP) is 1.96. The molecule has 0 bridgehead atoms. The van der Waals surface area contributed by atoms with Crippen LogP contribution in [0.3, 0.4) is 0 Å². The molecule has 2 N–H and O–H groups in total. The summed E-state index contributed by atoms with van der Waals surface area (Å²) in [6.07, 6.45) is 4.14. The van der Waals surface area contributed by atoms with Gasteiger partial charge in [0, 0.05) is 34.5 Å². The second-order valence-electron chi connectivity index (χ2n) is 5.96. The molecule has 2 saturated heterocycles. The van der Waals surface area contributed by atoms with E-state index >= 15 is 0 Å². The molecule has 1 aromatic heterocycles. The van der Waals surface area contributed by atoms with Gasteiger partial charge in [0.25, 0.3) is 0 Å². The molecule has 2 amide bonds. The third-order valence-corrected chi connectivity index (χ3v) is 5.10. The molecule has 2 fully saturated rings. The van der Waals surface area contributed by atoms with Gasteiger partial charge in [0.15, 0.2) is 0 Å². The number of piperazine rings is 1. The normalized spacial score (nSPS) is 24.7. The van der Waals surface area contributed by atoms with Crippen LogP contribution in [0.4, 0.5) is 0 Å². The number of aromatic amines is 1. The number of aromatic nitrogens is 1. The molecule has 0 saturated carbocycles. The molecule has 2 aliphatic rings. The Labute approximate surface area is 136 Å². The zero-order valence-corrected chi connectivity index (χ0v) is 13.5. The smallest absolute Gasteiger partial charge is 0.246 e. The second kappa shape index (κ2) is 5.12. The molecule has 2 aliphatic heterocycles. The summed E-state index contributed by atoms with van der Waals surface area (Å²) >= 11 is 3.45. The van der Waals surface area contributed by atoms with Crippen LogP contribution in [0, 0.1) is 0 Å². The molecule has 6 heteroatoms. The lowest BCUT2D eigenvalue weighted by molar-refractivity contribution is -0.146. The van der Waals surface area contributed by atoms with E-state index in [1.807, 2.05) is 24.4 Å². The van der Waals surface area contributed by atoms with Crippen LogP contribution < -0.4 is 5.32 Å². The number of halogens is 1. The first-order chi connectivity index (χ1) is 10.6. The summed E-state index contributed by atoms with van der Waals surface area (Å²) in [5, 5.41) is 3.99. The molecule has 22 heavy (non-hydrogen) atoms. The Hall–Kier alpha value is -1.82. The van der Waals surface area contributed by atoms with Gasteiger partial charge in [-0.2, -0.15) is 0 Å². The number of rotatable bonds is 2. The van der Waals surface area contributed by atoms with Gasteiger partial charge in [0.1, 0.15) is 12.1 Å². The first-order valence-corrected chi connectivity index (χ1v) is 8.29. The fourth-order valence-electron chi connectivity index (χ4n) is 3.52. The minimum Gasteiger partial charge on any atom is -0.361 e. The average Bonchev–Trinajstić information content (AvgIpc) is 3.12. The van der Waals surface area contributed by atoms with Crippen molar-refractivity contribution in [2.24, 2.45) is 0 Å². The molecule has 0 radical (unpaired) electrons. The van der Waals surface area contributed by atoms with E-state index in [-0.39, 0.29) is 17.9 Å². The Kier molecular flexibility index (Phi) is 3.22. The lowest BCUT2D eigenvalue weighted by atomic mass is 10.0. The lowest BCUT2D eigenvalue weighted by Crippen LogP contribution is -2.61. The predicted molar refractivity (Wildman–Crippen MR) is 86.4 cm³/mol. The molecular weight excluding hydrogens is 346 g/mol. The molecule has 3 heterocycles. The van der Waals surface area contributed by atoms with Crippen molar-refractivity contribution in [2.75, 3.05) is 6.54 Å². The molecule has 4 rings (SSSR count). The summed E-state index contributed by atoms with van der Waals surface area (Å²) in [7, 11) is 0. The maximum Gasteiger partial charge on any atom is 0.246 e. The second-order valence-corrected chi connectivity index (χ2v) is 6.87. The third-order valence-electron chi connectivity index (χ3n) is 4.61. The van der Waals surface area contributed by atoms with Crippen molar-refractivity contribution >= 4 is 38.6 Å². The number of H-pyrrole nitrogens is 1. The summed E-state index contributed by atoms with van der Waals surface area (Å²) in [5.41, 5.74) is 2.08. The highest BCUT2D eigenvalue weighted by Crippen LogP contribution is 2.26. The van der Waals surface area contributed by atoms with E-state index in [1.54, 1.807) is 4.90 Å². The van der Waals surface area contributed by atoms with E-state index < -0.39 is 6.04 Å². The number of carbonyl (C=O) groups excluding carboxylic acids is 2. The van der Waals surface area contributed by atoms with Crippen LogP contribution in [0.1, 0.15) is 18.4 Å². The fourth-order valence-corrected chi connectivity index (χ4v) is 3.88. The summed E-state index contributed by atoms with van der Waals surface area (Å²) in [4.78, 5) is 29.7. The summed E-state index contributed by atoms with van der Waals surface area (Å²) in [5.74, 6) is 0.0400. The van der Waals surface area contributed by atoms with Crippen molar-refractivity contribution in [3.05, 3.63) is 34.4 Å². The molecular formula is C16H16BrN3O2. The fraction of sp³-hybridized carbons (Fsp3) is 0.375. The third kappa shape index (κ3) is 2.13. The van der Waals surface area contributed by atoms with Gasteiger partial charge >= 0.3 is 0 Å². The minimum absolute atomic E-state index is 0.00955. The number of carbonyl (C=O) groups is 2. The van der Waals surface area contributed by atoms with Crippen molar-refractivity contribution in [1.29, 1.82) is 0 Å². The summed E-state index contributed by atoms with van der Waals surface area (Å²) in [6.45, 7) is 0.703. The minimum atomic E-state index is -0.454. The molecule has 0 aliphatic carbocycles. The zero-order valence-electron chi connectivity index (χ0n) is 11.9. The van der Waals surface area contributed by atoms with Crippen LogP contribution in [0.25, 0.3) is 10.9 Å². The Morgan fingerprint density at radius 2 is 2.18 bits per heavy atom. The van der Waals surface area contributed by atoms with Crippen LogP contribution in [0.15, 0.2) is 28.9 Å². The van der Waals surface area contributed by atoms with Gasteiger partial charge in [-0.25, -0.2) is 0 Å². The van der Waals surface area contributed by atoms with Gasteiger partial charge in [-0.1, -0.05) is 22.0 Å². The average molecular weight is 362 g/mol. The van der Waals surface area contributed by atoms with Crippen molar-refractivity contribution < 1.29 is 9.59 Å². The van der Waals surface area contributed by atoms with Gasteiger partial charge in [0.05, 0.1) is 0 Å². The Morgan fingerprint density at radius 1 is 1.32 bits per heavy atom. The van der Waals surface area contributed by atoms with Crippen molar-refractivity contribution in [1.82, 2.24) is 15.2 Å². The molecule has 0 spiro atoms. The van der Waals surface area contributed by atoms with E-state index in [1.165, 1.54) is 0 Å². The topological polar surface area (TPSA) is 65.2 Å². The number of fused-ring (bicyclic) bond motifs is 2. The number of amides is 2. The summed E-state index contributed by atoms with van der Waals surface area (Å²) < 4.78 is 1.01. The summed E-state index contributed by atoms with van der Waals surface area (Å²) in [6, 6.07) is 5.32. The van der Waals surface area contributed by atoms with E-state index in [0.717, 1.165) is 33.8 Å². The van der Waals surface area contributed by atoms with Crippen LogP contribution in [0.2, 0.25) is 0 Å². The van der Waals surface area contributed by atoms with E-state index in [0.29, 0.717) is 13.0 Å². The number of hydrogen-bond acceptors (Lipinski definition) is 2. The standard InChI is InChI=1S/C16H16BrN3O2/c17-10-3-4-11-9(8-18-12(11)7-10)6-13-16(22)20-5-1-2-14(20)15(21)19-13/h3-4,7-8,13-14,18H,1-2,5-6H2,(H,19,21)/t13-,14-/m0/s1.